The SMILES string of the molecule is CN(C)c1ccc2[nH]c(CC(O)C(F)(F)F)nc2n1. The van der Waals surface area contributed by atoms with E-state index in [1.165, 1.54) is 0 Å². The first-order valence-corrected chi connectivity index (χ1v) is 5.55. The summed E-state index contributed by atoms with van der Waals surface area (Å²) in [5, 5.41) is 8.99. The number of hydrogen-bond acceptors (Lipinski definition) is 4. The van der Waals surface area contributed by atoms with Crippen LogP contribution < -0.4 is 4.90 Å². The molecule has 1 atom stereocenters. The molecule has 2 heterocycles. The summed E-state index contributed by atoms with van der Waals surface area (Å²) >= 11 is 0. The Morgan fingerprint density at radius 3 is 2.58 bits per heavy atom. The fourth-order valence-corrected chi connectivity index (χ4v) is 1.58. The first-order chi connectivity index (χ1) is 8.77. The molecule has 0 bridgehead atoms. The molecule has 2 aromatic heterocycles. The number of rotatable bonds is 3. The smallest absolute Gasteiger partial charge is 0.383 e. The molecule has 0 amide bonds. The van der Waals surface area contributed by atoms with Crippen LogP contribution in [0.1, 0.15) is 5.82 Å². The monoisotopic (exact) mass is 274 g/mol. The van der Waals surface area contributed by atoms with Crippen molar-refractivity contribution in [1.82, 2.24) is 15.0 Å². The number of H-pyrrole nitrogens is 1. The molecular weight excluding hydrogens is 261 g/mol. The minimum absolute atomic E-state index is 0.0585. The molecule has 0 fully saturated rings. The van der Waals surface area contributed by atoms with Crippen molar-refractivity contribution in [2.75, 3.05) is 19.0 Å². The molecule has 104 valence electrons. The van der Waals surface area contributed by atoms with Gasteiger partial charge in [0.25, 0.3) is 0 Å². The highest BCUT2D eigenvalue weighted by atomic mass is 19.4. The number of nitrogens with one attached hydrogen (secondary N) is 1. The lowest BCUT2D eigenvalue weighted by Gasteiger charge is -2.12. The summed E-state index contributed by atoms with van der Waals surface area (Å²) in [6.45, 7) is 0. The highest BCUT2D eigenvalue weighted by molar-refractivity contribution is 5.73. The molecule has 2 aromatic rings. The molecule has 0 aliphatic heterocycles. The van der Waals surface area contributed by atoms with Gasteiger partial charge in [-0.1, -0.05) is 0 Å². The molecule has 2 N–H and O–H groups in total. The van der Waals surface area contributed by atoms with E-state index in [1.807, 2.05) is 0 Å². The molecule has 2 rings (SSSR count). The number of anilines is 1. The van der Waals surface area contributed by atoms with Crippen LogP contribution >= 0.6 is 0 Å². The molecule has 0 aliphatic carbocycles. The normalized spacial score (nSPS) is 13.8. The van der Waals surface area contributed by atoms with Crippen LogP contribution in [0.25, 0.3) is 11.2 Å². The number of aromatic amines is 1. The number of pyridine rings is 1. The van der Waals surface area contributed by atoms with Gasteiger partial charge in [0.1, 0.15) is 11.6 Å². The van der Waals surface area contributed by atoms with Crippen LogP contribution in [0.15, 0.2) is 12.1 Å². The van der Waals surface area contributed by atoms with Crippen molar-refractivity contribution >= 4 is 17.0 Å². The minimum atomic E-state index is -4.65. The third-order valence-electron chi connectivity index (χ3n) is 2.60. The van der Waals surface area contributed by atoms with Crippen molar-refractivity contribution in [3.8, 4) is 0 Å². The highest BCUT2D eigenvalue weighted by Crippen LogP contribution is 2.23. The molecule has 8 heteroatoms. The Balaban J connectivity index is 2.27. The molecule has 0 aromatic carbocycles. The molecule has 0 spiro atoms. The molecule has 0 saturated heterocycles. The van der Waals surface area contributed by atoms with Crippen molar-refractivity contribution in [1.29, 1.82) is 0 Å². The van der Waals surface area contributed by atoms with Gasteiger partial charge in [-0.15, -0.1) is 0 Å². The van der Waals surface area contributed by atoms with E-state index < -0.39 is 18.7 Å². The molecule has 0 aliphatic rings. The topological polar surface area (TPSA) is 65.0 Å². The van der Waals surface area contributed by atoms with Gasteiger partial charge in [-0.3, -0.25) is 0 Å². The van der Waals surface area contributed by atoms with Crippen LogP contribution in [0, 0.1) is 0 Å². The van der Waals surface area contributed by atoms with Crippen LogP contribution in [0.5, 0.6) is 0 Å². The summed E-state index contributed by atoms with van der Waals surface area (Å²) < 4.78 is 36.7. The van der Waals surface area contributed by atoms with Gasteiger partial charge in [-0.2, -0.15) is 13.2 Å². The second-order valence-electron chi connectivity index (χ2n) is 4.38. The van der Waals surface area contributed by atoms with Gasteiger partial charge >= 0.3 is 6.18 Å². The number of nitrogens with zero attached hydrogens (tertiary/aromatic N) is 3. The lowest BCUT2D eigenvalue weighted by Crippen LogP contribution is -2.30. The zero-order valence-electron chi connectivity index (χ0n) is 10.4. The number of fused-ring (bicyclic) bond motifs is 1. The van der Waals surface area contributed by atoms with Crippen LogP contribution in [0.4, 0.5) is 19.0 Å². The van der Waals surface area contributed by atoms with Gasteiger partial charge in [0, 0.05) is 20.5 Å². The summed E-state index contributed by atoms with van der Waals surface area (Å²) in [6.07, 6.45) is -7.69. The van der Waals surface area contributed by atoms with Crippen molar-refractivity contribution < 1.29 is 18.3 Å². The largest absolute Gasteiger partial charge is 0.414 e. The number of aliphatic hydroxyl groups excluding tert-OH is 1. The van der Waals surface area contributed by atoms with Gasteiger partial charge < -0.3 is 15.0 Å². The number of hydrogen-bond donors (Lipinski definition) is 2. The maximum Gasteiger partial charge on any atom is 0.414 e. The fraction of sp³-hybridized carbons (Fsp3) is 0.455. The van der Waals surface area contributed by atoms with Crippen LogP contribution in [-0.2, 0) is 6.42 Å². The Labute approximate surface area is 107 Å². The summed E-state index contributed by atoms with van der Waals surface area (Å²) in [5.41, 5.74) is 0.866. The van der Waals surface area contributed by atoms with Gasteiger partial charge in [0.2, 0.25) is 0 Å². The average Bonchev–Trinajstić information content (AvgIpc) is 2.68. The second kappa shape index (κ2) is 4.69. The van der Waals surface area contributed by atoms with Crippen molar-refractivity contribution in [3.63, 3.8) is 0 Å². The summed E-state index contributed by atoms with van der Waals surface area (Å²) in [5.74, 6) is 0.713. The number of alkyl halides is 3. The molecular formula is C11H13F3N4O. The third-order valence-corrected chi connectivity index (χ3v) is 2.60. The standard InChI is InChI=1S/C11H13F3N4O/c1-18(2)9-4-3-6-10(17-9)16-8(15-6)5-7(19)11(12,13)14/h3-4,7,19H,5H2,1-2H3,(H,15,16,17). The second-order valence-corrected chi connectivity index (χ2v) is 4.38. The predicted octanol–water partition coefficient (Wildman–Crippen LogP) is 1.49. The van der Waals surface area contributed by atoms with E-state index in [1.54, 1.807) is 31.1 Å². The van der Waals surface area contributed by atoms with Crippen molar-refractivity contribution in [2.45, 2.75) is 18.7 Å². The first kappa shape index (κ1) is 13.6. The van der Waals surface area contributed by atoms with E-state index >= 15 is 0 Å². The number of aliphatic hydroxyl groups is 1. The molecule has 5 nitrogen and oxygen atoms in total. The Morgan fingerprint density at radius 1 is 1.32 bits per heavy atom. The van der Waals surface area contributed by atoms with Crippen LogP contribution in [0.2, 0.25) is 0 Å². The van der Waals surface area contributed by atoms with Gasteiger partial charge in [0.15, 0.2) is 11.8 Å². The number of aromatic nitrogens is 3. The number of halogens is 3. The van der Waals surface area contributed by atoms with Crippen LogP contribution in [-0.4, -0.2) is 46.4 Å². The first-order valence-electron chi connectivity index (χ1n) is 5.55. The van der Waals surface area contributed by atoms with Crippen molar-refractivity contribution in [3.05, 3.63) is 18.0 Å². The van der Waals surface area contributed by atoms with E-state index in [-0.39, 0.29) is 5.82 Å². The fourth-order valence-electron chi connectivity index (χ4n) is 1.58. The molecule has 0 saturated carbocycles. The zero-order chi connectivity index (χ0) is 14.2. The molecule has 19 heavy (non-hydrogen) atoms. The molecule has 0 radical (unpaired) electrons. The quantitative estimate of drug-likeness (QED) is 0.890. The lowest BCUT2D eigenvalue weighted by molar-refractivity contribution is -0.203. The Morgan fingerprint density at radius 2 is 2.00 bits per heavy atom. The van der Waals surface area contributed by atoms with E-state index in [9.17, 15) is 13.2 Å². The minimum Gasteiger partial charge on any atom is -0.383 e. The van der Waals surface area contributed by atoms with Crippen molar-refractivity contribution in [2.24, 2.45) is 0 Å². The average molecular weight is 274 g/mol. The Kier molecular flexibility index (Phi) is 3.36. The van der Waals surface area contributed by atoms with E-state index in [4.69, 9.17) is 5.11 Å². The Hall–Kier alpha value is -1.83. The van der Waals surface area contributed by atoms with E-state index in [0.717, 1.165) is 0 Å². The van der Waals surface area contributed by atoms with Gasteiger partial charge in [-0.25, -0.2) is 9.97 Å². The summed E-state index contributed by atoms with van der Waals surface area (Å²) in [4.78, 5) is 12.6. The summed E-state index contributed by atoms with van der Waals surface area (Å²) in [6, 6.07) is 3.42. The highest BCUT2D eigenvalue weighted by Gasteiger charge is 2.38. The maximum atomic E-state index is 12.2. The van der Waals surface area contributed by atoms with Gasteiger partial charge in [-0.05, 0) is 12.1 Å². The zero-order valence-corrected chi connectivity index (χ0v) is 10.4. The lowest BCUT2D eigenvalue weighted by atomic mass is 10.2. The summed E-state index contributed by atoms with van der Waals surface area (Å²) in [7, 11) is 3.60. The maximum absolute atomic E-state index is 12.2. The Bertz CT molecular complexity index is 579. The molecule has 1 unspecified atom stereocenters. The third kappa shape index (κ3) is 2.95. The van der Waals surface area contributed by atoms with Crippen LogP contribution in [0.3, 0.4) is 0 Å². The van der Waals surface area contributed by atoms with E-state index in [0.29, 0.717) is 17.0 Å². The predicted molar refractivity (Wildman–Crippen MR) is 64.0 cm³/mol. The van der Waals surface area contributed by atoms with Gasteiger partial charge in [0.05, 0.1) is 5.52 Å². The number of imidazole rings is 1. The van der Waals surface area contributed by atoms with E-state index in [2.05, 4.69) is 15.0 Å².